The number of benzene rings is 10. The third kappa shape index (κ3) is 6.01. The van der Waals surface area contributed by atoms with Crippen molar-refractivity contribution >= 4 is 49.3 Å². The molecule has 0 spiro atoms. The van der Waals surface area contributed by atoms with Gasteiger partial charge in [0.15, 0.2) is 0 Å². The Kier molecular flexibility index (Phi) is 8.38. The molecule has 10 aromatic carbocycles. The average Bonchev–Trinajstić information content (AvgIpc) is 3.66. The Morgan fingerprint density at radius 2 is 0.869 bits per heavy atom. The zero-order valence-electron chi connectivity index (χ0n) is 33.7. The second-order valence-electron chi connectivity index (χ2n) is 16.4. The van der Waals surface area contributed by atoms with Crippen molar-refractivity contribution in [1.29, 1.82) is 0 Å². The van der Waals surface area contributed by atoms with Crippen LogP contribution in [0.3, 0.4) is 0 Å². The van der Waals surface area contributed by atoms with Crippen LogP contribution in [0.2, 0.25) is 0 Å². The molecule has 0 heterocycles. The zero-order chi connectivity index (χ0) is 40.3. The van der Waals surface area contributed by atoms with Gasteiger partial charge in [0.2, 0.25) is 0 Å². The number of hydrogen-bond donors (Lipinski definition) is 0. The van der Waals surface area contributed by atoms with Crippen LogP contribution in [-0.4, -0.2) is 6.04 Å². The van der Waals surface area contributed by atoms with Crippen molar-refractivity contribution in [3.63, 3.8) is 0 Å². The molecular weight excluding hydrogens is 735 g/mol. The summed E-state index contributed by atoms with van der Waals surface area (Å²) in [5.74, 6) is 0. The summed E-state index contributed by atoms with van der Waals surface area (Å²) in [6, 6.07) is 78.5. The van der Waals surface area contributed by atoms with Crippen molar-refractivity contribution in [1.82, 2.24) is 0 Å². The topological polar surface area (TPSA) is 3.24 Å². The van der Waals surface area contributed by atoms with Crippen molar-refractivity contribution < 1.29 is 0 Å². The fourth-order valence-corrected chi connectivity index (χ4v) is 10.1. The lowest BCUT2D eigenvalue weighted by molar-refractivity contribution is 0.795. The van der Waals surface area contributed by atoms with Gasteiger partial charge in [-0.15, -0.1) is 0 Å². The van der Waals surface area contributed by atoms with E-state index in [2.05, 4.69) is 235 Å². The molecule has 1 heteroatoms. The largest absolute Gasteiger partial charge is 0.334 e. The van der Waals surface area contributed by atoms with E-state index in [1.807, 2.05) is 0 Å². The van der Waals surface area contributed by atoms with Crippen molar-refractivity contribution in [3.8, 4) is 55.6 Å². The normalized spacial score (nSPS) is 14.0. The van der Waals surface area contributed by atoms with Crippen LogP contribution in [0.15, 0.2) is 231 Å². The van der Waals surface area contributed by atoms with E-state index in [0.29, 0.717) is 0 Å². The molecule has 10 aromatic rings. The predicted molar refractivity (Wildman–Crippen MR) is 260 cm³/mol. The lowest BCUT2D eigenvalue weighted by Gasteiger charge is -2.34. The Morgan fingerprint density at radius 3 is 1.52 bits per heavy atom. The Bertz CT molecular complexity index is 3360. The van der Waals surface area contributed by atoms with Crippen LogP contribution in [0.4, 0.5) is 11.4 Å². The number of nitrogens with zero attached hydrogens (tertiary/aromatic N) is 1. The first kappa shape index (κ1) is 35.2. The summed E-state index contributed by atoms with van der Waals surface area (Å²) < 4.78 is 0. The van der Waals surface area contributed by atoms with Crippen molar-refractivity contribution in [2.45, 2.75) is 12.5 Å². The van der Waals surface area contributed by atoms with Crippen LogP contribution in [0.5, 0.6) is 0 Å². The molecule has 286 valence electrons. The maximum atomic E-state index is 2.52. The van der Waals surface area contributed by atoms with E-state index in [4.69, 9.17) is 0 Å². The highest BCUT2D eigenvalue weighted by Gasteiger charge is 2.24. The lowest BCUT2D eigenvalue weighted by atomic mass is 9.91. The van der Waals surface area contributed by atoms with E-state index in [0.717, 1.165) is 6.42 Å². The van der Waals surface area contributed by atoms with Crippen LogP contribution in [-0.2, 0) is 0 Å². The predicted octanol–water partition coefficient (Wildman–Crippen LogP) is 16.3. The molecule has 0 aliphatic heterocycles. The number of anilines is 2. The molecule has 1 nitrogen and oxygen atoms in total. The fourth-order valence-electron chi connectivity index (χ4n) is 10.1. The van der Waals surface area contributed by atoms with Gasteiger partial charge >= 0.3 is 0 Å². The summed E-state index contributed by atoms with van der Waals surface area (Å²) in [4.78, 5) is 2.52. The van der Waals surface area contributed by atoms with Gasteiger partial charge < -0.3 is 4.90 Å². The molecule has 1 unspecified atom stereocenters. The summed E-state index contributed by atoms with van der Waals surface area (Å²) >= 11 is 0. The van der Waals surface area contributed by atoms with Gasteiger partial charge in [-0.3, -0.25) is 0 Å². The Morgan fingerprint density at radius 1 is 0.344 bits per heavy atom. The molecule has 0 saturated carbocycles. The third-order valence-electron chi connectivity index (χ3n) is 13.0. The summed E-state index contributed by atoms with van der Waals surface area (Å²) in [5, 5.41) is 7.74. The molecule has 0 bridgehead atoms. The Hall–Kier alpha value is -7.74. The standard InChI is InChI=1S/C60H41N/c1-3-13-40(14-4-1)44-17-9-19-49(38-44)61(47-31-27-41(28-32-47)46-37-45-18-10-26-58-54-20-7-8-21-55(54)59(39-46)60(45)58)48-33-29-43(30-34-48)51-23-12-25-53-52-24-11-22-50(42-15-5-2-6-16-42)56(52)35-36-57(51)53/h1-37,39,49H,38H2. The molecule has 1 atom stereocenters. The summed E-state index contributed by atoms with van der Waals surface area (Å²) in [6.07, 6.45) is 7.77. The summed E-state index contributed by atoms with van der Waals surface area (Å²) in [7, 11) is 0. The van der Waals surface area contributed by atoms with Crippen LogP contribution >= 0.6 is 0 Å². The van der Waals surface area contributed by atoms with Crippen LogP contribution in [0.1, 0.15) is 12.0 Å². The monoisotopic (exact) mass is 775 g/mol. The smallest absolute Gasteiger partial charge is 0.0565 e. The van der Waals surface area contributed by atoms with E-state index < -0.39 is 0 Å². The van der Waals surface area contributed by atoms with Gasteiger partial charge in [-0.2, -0.15) is 0 Å². The van der Waals surface area contributed by atoms with Gasteiger partial charge in [-0.25, -0.2) is 0 Å². The second kappa shape index (κ2) is 14.5. The fraction of sp³-hybridized carbons (Fsp3) is 0.0333. The molecular formula is C60H41N. The highest BCUT2D eigenvalue weighted by atomic mass is 15.2. The van der Waals surface area contributed by atoms with Gasteiger partial charge in [-0.1, -0.05) is 194 Å². The highest BCUT2D eigenvalue weighted by molar-refractivity contribution is 6.17. The van der Waals surface area contributed by atoms with E-state index in [1.165, 1.54) is 110 Å². The quantitative estimate of drug-likeness (QED) is 0.146. The number of fused-ring (bicyclic) bond motifs is 6. The number of hydrogen-bond acceptors (Lipinski definition) is 1. The summed E-state index contributed by atoms with van der Waals surface area (Å²) in [6.45, 7) is 0. The molecule has 0 amide bonds. The Balaban J connectivity index is 0.922. The van der Waals surface area contributed by atoms with Crippen LogP contribution in [0.25, 0.3) is 93.5 Å². The van der Waals surface area contributed by atoms with Crippen molar-refractivity contribution in [2.24, 2.45) is 0 Å². The number of allylic oxidation sites excluding steroid dienone is 2. The number of rotatable bonds is 7. The van der Waals surface area contributed by atoms with Gasteiger partial charge in [0, 0.05) is 11.4 Å². The second-order valence-corrected chi connectivity index (χ2v) is 16.4. The lowest BCUT2D eigenvalue weighted by Crippen LogP contribution is -2.30. The minimum atomic E-state index is 0.135. The zero-order valence-corrected chi connectivity index (χ0v) is 33.7. The van der Waals surface area contributed by atoms with Crippen molar-refractivity contribution in [3.05, 3.63) is 236 Å². The van der Waals surface area contributed by atoms with Gasteiger partial charge in [0.25, 0.3) is 0 Å². The first-order chi connectivity index (χ1) is 30.2. The molecule has 12 rings (SSSR count). The average molecular weight is 776 g/mol. The molecule has 0 aromatic heterocycles. The molecule has 0 radical (unpaired) electrons. The molecule has 61 heavy (non-hydrogen) atoms. The minimum Gasteiger partial charge on any atom is -0.334 e. The molecule has 0 N–H and O–H groups in total. The molecule has 2 aliphatic carbocycles. The van der Waals surface area contributed by atoms with Crippen LogP contribution < -0.4 is 4.90 Å². The van der Waals surface area contributed by atoms with Gasteiger partial charge in [0.05, 0.1) is 6.04 Å². The molecule has 2 aliphatic rings. The third-order valence-corrected chi connectivity index (χ3v) is 13.0. The van der Waals surface area contributed by atoms with Gasteiger partial charge in [-0.05, 0) is 142 Å². The van der Waals surface area contributed by atoms with Crippen molar-refractivity contribution in [2.75, 3.05) is 4.90 Å². The molecule has 0 saturated heterocycles. The summed E-state index contributed by atoms with van der Waals surface area (Å²) in [5.41, 5.74) is 17.7. The Labute approximate surface area is 356 Å². The highest BCUT2D eigenvalue weighted by Crippen LogP contribution is 2.49. The maximum absolute atomic E-state index is 2.52. The molecule has 0 fully saturated rings. The van der Waals surface area contributed by atoms with E-state index in [-0.39, 0.29) is 6.04 Å². The minimum absolute atomic E-state index is 0.135. The van der Waals surface area contributed by atoms with E-state index >= 15 is 0 Å². The van der Waals surface area contributed by atoms with E-state index in [1.54, 1.807) is 0 Å². The van der Waals surface area contributed by atoms with Crippen LogP contribution in [0, 0.1) is 0 Å². The van der Waals surface area contributed by atoms with Gasteiger partial charge in [0.1, 0.15) is 0 Å². The maximum Gasteiger partial charge on any atom is 0.0565 e. The first-order valence-electron chi connectivity index (χ1n) is 21.3. The SMILES string of the molecule is C1=CC(N(c2ccc(-c3cc4c5c(cccc5c3)-c3ccccc3-4)cc2)c2ccc(-c3cccc4c3ccc3c(-c5ccccc5)cccc34)cc2)CC(c2ccccc2)=C1. The van der Waals surface area contributed by atoms with E-state index in [9.17, 15) is 0 Å². The first-order valence-corrected chi connectivity index (χ1v) is 21.3.